The molecule has 3 rings (SSSR count). The number of thiazole rings is 1. The highest BCUT2D eigenvalue weighted by Crippen LogP contribution is 2.45. The van der Waals surface area contributed by atoms with E-state index in [-0.39, 0.29) is 5.41 Å². The van der Waals surface area contributed by atoms with E-state index in [0.29, 0.717) is 0 Å². The van der Waals surface area contributed by atoms with Gasteiger partial charge in [0.05, 0.1) is 11.8 Å². The second-order valence-electron chi connectivity index (χ2n) is 5.14. The average molecular weight is 268 g/mol. The molecule has 0 bridgehead atoms. The monoisotopic (exact) mass is 268 g/mol. The molecule has 1 saturated carbocycles. The minimum Gasteiger partial charge on any atom is -0.240 e. The summed E-state index contributed by atoms with van der Waals surface area (Å²) in [5, 5.41) is 12.4. The SMILES string of the molecule is CCc1ccc(-c2csc(C3(C#N)CCC3)n2)cc1. The summed E-state index contributed by atoms with van der Waals surface area (Å²) in [5.74, 6) is 0. The molecule has 0 N–H and O–H groups in total. The molecule has 0 amide bonds. The van der Waals surface area contributed by atoms with E-state index < -0.39 is 0 Å². The van der Waals surface area contributed by atoms with Gasteiger partial charge in [-0.2, -0.15) is 5.26 Å². The van der Waals surface area contributed by atoms with Gasteiger partial charge in [0.25, 0.3) is 0 Å². The molecule has 1 aromatic carbocycles. The third kappa shape index (κ3) is 2.06. The van der Waals surface area contributed by atoms with Crippen molar-refractivity contribution < 1.29 is 0 Å². The molecule has 0 unspecified atom stereocenters. The fourth-order valence-electron chi connectivity index (χ4n) is 2.44. The third-order valence-electron chi connectivity index (χ3n) is 3.99. The van der Waals surface area contributed by atoms with Crippen LogP contribution in [0.15, 0.2) is 29.6 Å². The summed E-state index contributed by atoms with van der Waals surface area (Å²) in [7, 11) is 0. The number of hydrogen-bond donors (Lipinski definition) is 0. The Morgan fingerprint density at radius 2 is 2.05 bits per heavy atom. The number of hydrogen-bond acceptors (Lipinski definition) is 3. The maximum Gasteiger partial charge on any atom is 0.114 e. The van der Waals surface area contributed by atoms with Gasteiger partial charge in [-0.1, -0.05) is 31.2 Å². The second kappa shape index (κ2) is 4.79. The van der Waals surface area contributed by atoms with Crippen molar-refractivity contribution in [2.45, 2.75) is 38.0 Å². The second-order valence-corrected chi connectivity index (χ2v) is 5.99. The summed E-state index contributed by atoms with van der Waals surface area (Å²) in [6, 6.07) is 11.0. The number of nitriles is 1. The first-order chi connectivity index (χ1) is 9.27. The largest absolute Gasteiger partial charge is 0.240 e. The molecule has 1 aromatic heterocycles. The highest BCUT2D eigenvalue weighted by atomic mass is 32.1. The van der Waals surface area contributed by atoms with Crippen LogP contribution in [0.2, 0.25) is 0 Å². The van der Waals surface area contributed by atoms with Gasteiger partial charge in [-0.05, 0) is 31.2 Å². The average Bonchev–Trinajstić information content (AvgIpc) is 2.88. The van der Waals surface area contributed by atoms with Crippen molar-refractivity contribution in [3.8, 4) is 17.3 Å². The Morgan fingerprint density at radius 1 is 1.32 bits per heavy atom. The quantitative estimate of drug-likeness (QED) is 0.831. The van der Waals surface area contributed by atoms with Crippen LogP contribution in [-0.2, 0) is 11.8 Å². The van der Waals surface area contributed by atoms with E-state index in [1.54, 1.807) is 11.3 Å². The number of benzene rings is 1. The van der Waals surface area contributed by atoms with Crippen molar-refractivity contribution in [2.24, 2.45) is 0 Å². The fourth-order valence-corrected chi connectivity index (χ4v) is 3.48. The summed E-state index contributed by atoms with van der Waals surface area (Å²) in [6.07, 6.45) is 4.13. The van der Waals surface area contributed by atoms with E-state index >= 15 is 0 Å². The Kier molecular flexibility index (Phi) is 3.12. The molecule has 19 heavy (non-hydrogen) atoms. The van der Waals surface area contributed by atoms with Gasteiger partial charge in [0, 0.05) is 10.9 Å². The van der Waals surface area contributed by atoms with Gasteiger partial charge in [0.2, 0.25) is 0 Å². The molecule has 1 fully saturated rings. The third-order valence-corrected chi connectivity index (χ3v) is 5.04. The number of nitrogens with zero attached hydrogens (tertiary/aromatic N) is 2. The van der Waals surface area contributed by atoms with E-state index in [9.17, 15) is 5.26 Å². The molecule has 0 saturated heterocycles. The fraction of sp³-hybridized carbons (Fsp3) is 0.375. The predicted molar refractivity (Wildman–Crippen MR) is 78.1 cm³/mol. The number of rotatable bonds is 3. The lowest BCUT2D eigenvalue weighted by molar-refractivity contribution is 0.323. The van der Waals surface area contributed by atoms with Crippen molar-refractivity contribution in [2.75, 3.05) is 0 Å². The first kappa shape index (κ1) is 12.4. The normalized spacial score (nSPS) is 16.6. The summed E-state index contributed by atoms with van der Waals surface area (Å²) in [4.78, 5) is 4.70. The first-order valence-electron chi connectivity index (χ1n) is 6.74. The van der Waals surface area contributed by atoms with Crippen LogP contribution in [0, 0.1) is 11.3 Å². The maximum absolute atomic E-state index is 9.35. The van der Waals surface area contributed by atoms with E-state index in [4.69, 9.17) is 4.98 Å². The van der Waals surface area contributed by atoms with Crippen LogP contribution in [0.5, 0.6) is 0 Å². The molecule has 0 aliphatic heterocycles. The van der Waals surface area contributed by atoms with Gasteiger partial charge in [-0.3, -0.25) is 0 Å². The zero-order chi connectivity index (χ0) is 13.3. The molecule has 3 heteroatoms. The summed E-state index contributed by atoms with van der Waals surface area (Å²) in [5.41, 5.74) is 3.20. The van der Waals surface area contributed by atoms with Crippen LogP contribution in [0.1, 0.15) is 36.8 Å². The van der Waals surface area contributed by atoms with Crippen LogP contribution < -0.4 is 0 Å². The minimum absolute atomic E-state index is 0.285. The van der Waals surface area contributed by atoms with E-state index in [0.717, 1.165) is 41.9 Å². The first-order valence-corrected chi connectivity index (χ1v) is 7.62. The van der Waals surface area contributed by atoms with Gasteiger partial charge >= 0.3 is 0 Å². The van der Waals surface area contributed by atoms with Crippen molar-refractivity contribution in [3.05, 3.63) is 40.2 Å². The maximum atomic E-state index is 9.35. The van der Waals surface area contributed by atoms with Gasteiger partial charge in [-0.15, -0.1) is 11.3 Å². The zero-order valence-electron chi connectivity index (χ0n) is 11.0. The molecule has 1 aliphatic carbocycles. The molecule has 96 valence electrons. The van der Waals surface area contributed by atoms with Gasteiger partial charge in [0.15, 0.2) is 0 Å². The van der Waals surface area contributed by atoms with Gasteiger partial charge in [-0.25, -0.2) is 4.98 Å². The Bertz CT molecular complexity index is 615. The molecular weight excluding hydrogens is 252 g/mol. The van der Waals surface area contributed by atoms with E-state index in [1.165, 1.54) is 5.56 Å². The van der Waals surface area contributed by atoms with Crippen LogP contribution >= 0.6 is 11.3 Å². The Balaban J connectivity index is 1.90. The smallest absolute Gasteiger partial charge is 0.114 e. The topological polar surface area (TPSA) is 36.7 Å². The van der Waals surface area contributed by atoms with Crippen LogP contribution in [0.25, 0.3) is 11.3 Å². The lowest BCUT2D eigenvalue weighted by atomic mass is 9.70. The summed E-state index contributed by atoms with van der Waals surface area (Å²) < 4.78 is 0. The highest BCUT2D eigenvalue weighted by molar-refractivity contribution is 7.10. The van der Waals surface area contributed by atoms with Crippen molar-refractivity contribution >= 4 is 11.3 Å². The van der Waals surface area contributed by atoms with E-state index in [2.05, 4.69) is 42.6 Å². The predicted octanol–water partition coefficient (Wildman–Crippen LogP) is 4.32. The Morgan fingerprint density at radius 3 is 2.58 bits per heavy atom. The molecule has 1 heterocycles. The van der Waals surface area contributed by atoms with Crippen LogP contribution in [-0.4, -0.2) is 4.98 Å². The molecule has 2 aromatic rings. The van der Waals surface area contributed by atoms with Crippen molar-refractivity contribution in [1.29, 1.82) is 5.26 Å². The van der Waals surface area contributed by atoms with Crippen LogP contribution in [0.4, 0.5) is 0 Å². The summed E-state index contributed by atoms with van der Waals surface area (Å²) in [6.45, 7) is 2.16. The molecule has 2 nitrogen and oxygen atoms in total. The lowest BCUT2D eigenvalue weighted by Crippen LogP contribution is -2.32. The van der Waals surface area contributed by atoms with Gasteiger partial charge in [0.1, 0.15) is 10.4 Å². The highest BCUT2D eigenvalue weighted by Gasteiger charge is 2.41. The zero-order valence-corrected chi connectivity index (χ0v) is 11.8. The molecule has 0 radical (unpaired) electrons. The van der Waals surface area contributed by atoms with Crippen LogP contribution in [0.3, 0.4) is 0 Å². The Labute approximate surface area is 117 Å². The molecular formula is C16H16N2S. The number of aryl methyl sites for hydroxylation is 1. The molecule has 0 atom stereocenters. The minimum atomic E-state index is -0.285. The lowest BCUT2D eigenvalue weighted by Gasteiger charge is -2.32. The Hall–Kier alpha value is -1.66. The van der Waals surface area contributed by atoms with Gasteiger partial charge < -0.3 is 0 Å². The summed E-state index contributed by atoms with van der Waals surface area (Å²) >= 11 is 1.63. The van der Waals surface area contributed by atoms with Crippen molar-refractivity contribution in [1.82, 2.24) is 4.98 Å². The van der Waals surface area contributed by atoms with E-state index in [1.807, 2.05) is 0 Å². The van der Waals surface area contributed by atoms with Crippen molar-refractivity contribution in [3.63, 3.8) is 0 Å². The standard InChI is InChI=1S/C16H16N2S/c1-2-12-4-6-13(7-5-12)14-10-19-15(18-14)16(11-17)8-3-9-16/h4-7,10H,2-3,8-9H2,1H3. The molecule has 1 aliphatic rings. The number of aromatic nitrogens is 1. The molecule has 0 spiro atoms.